The van der Waals surface area contributed by atoms with Gasteiger partial charge in [-0.1, -0.05) is 18.2 Å². The molecule has 0 fully saturated rings. The molecule has 1 amide bonds. The molecule has 2 aromatic rings. The highest BCUT2D eigenvalue weighted by atomic mass is 16.3. The fourth-order valence-electron chi connectivity index (χ4n) is 1.84. The van der Waals surface area contributed by atoms with Crippen molar-refractivity contribution in [3.8, 4) is 0 Å². The zero-order valence-corrected chi connectivity index (χ0v) is 11.7. The molecule has 2 rings (SSSR count). The maximum Gasteiger partial charge on any atom is 0.287 e. The van der Waals surface area contributed by atoms with E-state index in [0.29, 0.717) is 11.3 Å². The average molecular weight is 261 g/mol. The predicted molar refractivity (Wildman–Crippen MR) is 74.2 cm³/mol. The van der Waals surface area contributed by atoms with Gasteiger partial charge in [-0.15, -0.1) is 0 Å². The summed E-state index contributed by atoms with van der Waals surface area (Å²) in [7, 11) is 0. The van der Waals surface area contributed by atoms with Crippen molar-refractivity contribution >= 4 is 16.9 Å². The molecule has 0 aliphatic rings. The summed E-state index contributed by atoms with van der Waals surface area (Å²) < 4.78 is 5.59. The van der Waals surface area contributed by atoms with Crippen molar-refractivity contribution in [2.24, 2.45) is 0 Å². The number of para-hydroxylation sites is 1. The predicted octanol–water partition coefficient (Wildman–Crippen LogP) is 2.63. The van der Waals surface area contributed by atoms with E-state index in [9.17, 15) is 9.90 Å². The Morgan fingerprint density at radius 2 is 2.00 bits per heavy atom. The Balaban J connectivity index is 2.35. The summed E-state index contributed by atoms with van der Waals surface area (Å²) in [6.45, 7) is 7.04. The second kappa shape index (κ2) is 4.70. The smallest absolute Gasteiger partial charge is 0.287 e. The average Bonchev–Trinajstić information content (AvgIpc) is 2.67. The first kappa shape index (κ1) is 13.6. The molecule has 0 bridgehead atoms. The summed E-state index contributed by atoms with van der Waals surface area (Å²) in [4.78, 5) is 12.2. The summed E-state index contributed by atoms with van der Waals surface area (Å²) in [5.41, 5.74) is 0.803. The molecule has 1 atom stereocenters. The van der Waals surface area contributed by atoms with Crippen LogP contribution in [0.1, 0.15) is 36.9 Å². The molecule has 2 N–H and O–H groups in total. The normalized spacial score (nSPS) is 13.5. The highest BCUT2D eigenvalue weighted by molar-refractivity contribution is 5.99. The maximum absolute atomic E-state index is 12.2. The molecule has 0 saturated carbocycles. The zero-order valence-electron chi connectivity index (χ0n) is 11.7. The number of furan rings is 1. The summed E-state index contributed by atoms with van der Waals surface area (Å²) in [5, 5.41) is 13.4. The van der Waals surface area contributed by atoms with E-state index >= 15 is 0 Å². The lowest BCUT2D eigenvalue weighted by Gasteiger charge is -2.28. The molecule has 0 radical (unpaired) electrons. The van der Waals surface area contributed by atoms with Crippen LogP contribution in [0.5, 0.6) is 0 Å². The molecule has 0 saturated heterocycles. The first-order valence-electron chi connectivity index (χ1n) is 6.31. The third-order valence-corrected chi connectivity index (χ3v) is 3.53. The van der Waals surface area contributed by atoms with Crippen molar-refractivity contribution in [1.82, 2.24) is 5.32 Å². The Kier molecular flexibility index (Phi) is 3.37. The number of nitrogens with one attached hydrogen (secondary N) is 1. The van der Waals surface area contributed by atoms with Gasteiger partial charge in [0.05, 0.1) is 11.6 Å². The van der Waals surface area contributed by atoms with Crippen molar-refractivity contribution in [3.63, 3.8) is 0 Å². The third kappa shape index (κ3) is 2.49. The fraction of sp³-hybridized carbons (Fsp3) is 0.400. The standard InChI is InChI=1S/C15H19NO3/c1-9-11-7-5-6-8-12(11)19-13(9)14(18)16-15(3,4)10(2)17/h5-8,10,17H,1-4H3,(H,16,18). The molecule has 102 valence electrons. The van der Waals surface area contributed by atoms with Gasteiger partial charge in [0.2, 0.25) is 0 Å². The number of hydrogen-bond donors (Lipinski definition) is 2. The number of carbonyl (C=O) groups excluding carboxylic acids is 1. The van der Waals surface area contributed by atoms with Crippen LogP contribution in [0.4, 0.5) is 0 Å². The van der Waals surface area contributed by atoms with E-state index in [-0.39, 0.29) is 5.91 Å². The highest BCUT2D eigenvalue weighted by Crippen LogP contribution is 2.25. The van der Waals surface area contributed by atoms with Gasteiger partial charge >= 0.3 is 0 Å². The van der Waals surface area contributed by atoms with Crippen molar-refractivity contribution in [1.29, 1.82) is 0 Å². The van der Waals surface area contributed by atoms with Gasteiger partial charge in [-0.25, -0.2) is 0 Å². The minimum absolute atomic E-state index is 0.301. The molecule has 1 unspecified atom stereocenters. The van der Waals surface area contributed by atoms with Crippen molar-refractivity contribution < 1.29 is 14.3 Å². The zero-order chi connectivity index (χ0) is 14.2. The molecule has 19 heavy (non-hydrogen) atoms. The number of carbonyl (C=O) groups is 1. The number of aliphatic hydroxyl groups is 1. The maximum atomic E-state index is 12.2. The minimum Gasteiger partial charge on any atom is -0.451 e. The van der Waals surface area contributed by atoms with E-state index in [1.165, 1.54) is 0 Å². The minimum atomic E-state index is -0.706. The van der Waals surface area contributed by atoms with Crippen LogP contribution in [0, 0.1) is 6.92 Å². The number of aryl methyl sites for hydroxylation is 1. The molecular weight excluding hydrogens is 242 g/mol. The molecule has 0 aliphatic heterocycles. The largest absolute Gasteiger partial charge is 0.451 e. The molecule has 4 nitrogen and oxygen atoms in total. The van der Waals surface area contributed by atoms with Crippen LogP contribution in [0.15, 0.2) is 28.7 Å². The van der Waals surface area contributed by atoms with Gasteiger partial charge in [0, 0.05) is 10.9 Å². The summed E-state index contributed by atoms with van der Waals surface area (Å²) in [5.74, 6) is -0.00507. The summed E-state index contributed by atoms with van der Waals surface area (Å²) in [6.07, 6.45) is -0.652. The molecule has 1 aromatic carbocycles. The van der Waals surface area contributed by atoms with Gasteiger partial charge in [0.25, 0.3) is 5.91 Å². The van der Waals surface area contributed by atoms with Crippen LogP contribution in [0.2, 0.25) is 0 Å². The summed E-state index contributed by atoms with van der Waals surface area (Å²) in [6, 6.07) is 7.53. The second-order valence-corrected chi connectivity index (χ2v) is 5.40. The number of amides is 1. The Morgan fingerprint density at radius 1 is 1.37 bits per heavy atom. The first-order valence-corrected chi connectivity index (χ1v) is 6.31. The van der Waals surface area contributed by atoms with Crippen LogP contribution >= 0.6 is 0 Å². The highest BCUT2D eigenvalue weighted by Gasteiger charge is 2.28. The lowest BCUT2D eigenvalue weighted by molar-refractivity contribution is 0.0688. The Hall–Kier alpha value is -1.81. The number of rotatable bonds is 3. The van der Waals surface area contributed by atoms with Crippen LogP contribution in [0.25, 0.3) is 11.0 Å². The van der Waals surface area contributed by atoms with Gasteiger partial charge in [-0.2, -0.15) is 0 Å². The van der Waals surface area contributed by atoms with E-state index in [4.69, 9.17) is 4.42 Å². The van der Waals surface area contributed by atoms with E-state index in [1.807, 2.05) is 31.2 Å². The SMILES string of the molecule is Cc1c(C(=O)NC(C)(C)C(C)O)oc2ccccc12. The van der Waals surface area contributed by atoms with E-state index in [0.717, 1.165) is 10.9 Å². The third-order valence-electron chi connectivity index (χ3n) is 3.53. The van der Waals surface area contributed by atoms with Crippen molar-refractivity contribution in [2.45, 2.75) is 39.3 Å². The summed E-state index contributed by atoms with van der Waals surface area (Å²) >= 11 is 0. The number of hydrogen-bond acceptors (Lipinski definition) is 3. The van der Waals surface area contributed by atoms with Crippen LogP contribution in [-0.4, -0.2) is 22.7 Å². The van der Waals surface area contributed by atoms with Gasteiger partial charge in [-0.3, -0.25) is 4.79 Å². The van der Waals surface area contributed by atoms with E-state index < -0.39 is 11.6 Å². The molecule has 0 spiro atoms. The lowest BCUT2D eigenvalue weighted by atomic mass is 9.98. The lowest BCUT2D eigenvalue weighted by Crippen LogP contribution is -2.51. The second-order valence-electron chi connectivity index (χ2n) is 5.40. The van der Waals surface area contributed by atoms with Crippen molar-refractivity contribution in [3.05, 3.63) is 35.6 Å². The monoisotopic (exact) mass is 261 g/mol. The molecular formula is C15H19NO3. The van der Waals surface area contributed by atoms with Gasteiger partial charge in [-0.05, 0) is 33.8 Å². The molecule has 1 aromatic heterocycles. The van der Waals surface area contributed by atoms with Gasteiger partial charge in [0.15, 0.2) is 5.76 Å². The Bertz CT molecular complexity index is 611. The quantitative estimate of drug-likeness (QED) is 0.892. The Morgan fingerprint density at radius 3 is 2.58 bits per heavy atom. The van der Waals surface area contributed by atoms with E-state index in [1.54, 1.807) is 20.8 Å². The van der Waals surface area contributed by atoms with Gasteiger partial charge < -0.3 is 14.8 Å². The van der Waals surface area contributed by atoms with Crippen LogP contribution < -0.4 is 5.32 Å². The Labute approximate surface area is 112 Å². The fourth-order valence-corrected chi connectivity index (χ4v) is 1.84. The molecule has 0 aliphatic carbocycles. The van der Waals surface area contributed by atoms with Crippen LogP contribution in [0.3, 0.4) is 0 Å². The first-order chi connectivity index (χ1) is 8.83. The van der Waals surface area contributed by atoms with Gasteiger partial charge in [0.1, 0.15) is 5.58 Å². The number of benzene rings is 1. The number of fused-ring (bicyclic) bond motifs is 1. The van der Waals surface area contributed by atoms with E-state index in [2.05, 4.69) is 5.32 Å². The molecule has 4 heteroatoms. The van der Waals surface area contributed by atoms with Crippen LogP contribution in [-0.2, 0) is 0 Å². The number of aliphatic hydroxyl groups excluding tert-OH is 1. The molecule has 1 heterocycles. The topological polar surface area (TPSA) is 62.5 Å². The van der Waals surface area contributed by atoms with Crippen molar-refractivity contribution in [2.75, 3.05) is 0 Å².